The van der Waals surface area contributed by atoms with Crippen molar-refractivity contribution in [3.8, 4) is 0 Å². The van der Waals surface area contributed by atoms with Crippen molar-refractivity contribution < 1.29 is 29.0 Å². The molecule has 0 aromatic heterocycles. The Balaban J connectivity index is 3.18. The molecule has 0 bridgehead atoms. The van der Waals surface area contributed by atoms with E-state index in [1.165, 1.54) is 6.92 Å². The molecule has 0 aromatic carbocycles. The molecule has 1 N–H and O–H groups in total. The van der Waals surface area contributed by atoms with Gasteiger partial charge in [-0.1, -0.05) is 0 Å². The Hall–Kier alpha value is -1.98. The molecule has 0 heterocycles. The lowest BCUT2D eigenvalue weighted by Crippen LogP contribution is -2.60. The number of Topliss-reactive ketones (excluding diaryl/α,β-unsaturated/α-hetero) is 1. The largest absolute Gasteiger partial charge is 0.494 e. The minimum Gasteiger partial charge on any atom is -0.494 e. The third kappa shape index (κ3) is 1.83. The highest BCUT2D eigenvalue weighted by molar-refractivity contribution is 6.46. The molecule has 1 aliphatic rings. The number of hydrogen-bond acceptors (Lipinski definition) is 5. The SMILES string of the molecule is CCOC(=O)C(=[N+]=[N-])C1(O)C(=O)C(C)=C1OCC. The van der Waals surface area contributed by atoms with Crippen molar-refractivity contribution in [2.24, 2.45) is 0 Å². The van der Waals surface area contributed by atoms with E-state index in [4.69, 9.17) is 10.3 Å². The van der Waals surface area contributed by atoms with Crippen LogP contribution >= 0.6 is 0 Å². The molecule has 0 saturated heterocycles. The first-order valence-electron chi connectivity index (χ1n) is 5.46. The third-order valence-electron chi connectivity index (χ3n) is 2.54. The Labute approximate surface area is 104 Å². The molecule has 98 valence electrons. The lowest BCUT2D eigenvalue weighted by atomic mass is 9.75. The number of carbonyl (C=O) groups is 2. The average molecular weight is 254 g/mol. The third-order valence-corrected chi connectivity index (χ3v) is 2.54. The van der Waals surface area contributed by atoms with Gasteiger partial charge in [-0.15, -0.1) is 0 Å². The second kappa shape index (κ2) is 5.12. The second-order valence-electron chi connectivity index (χ2n) is 3.60. The van der Waals surface area contributed by atoms with Crippen molar-refractivity contribution in [2.75, 3.05) is 13.2 Å². The van der Waals surface area contributed by atoms with Gasteiger partial charge in [-0.05, 0) is 20.8 Å². The van der Waals surface area contributed by atoms with Gasteiger partial charge in [0.05, 0.1) is 13.2 Å². The molecule has 1 rings (SSSR count). The molecule has 0 amide bonds. The molecule has 1 aliphatic carbocycles. The summed E-state index contributed by atoms with van der Waals surface area (Å²) in [4.78, 5) is 25.9. The predicted octanol–water partition coefficient (Wildman–Crippen LogP) is -0.155. The molecule has 0 aliphatic heterocycles. The van der Waals surface area contributed by atoms with Crippen molar-refractivity contribution in [3.05, 3.63) is 16.9 Å². The number of carbonyl (C=O) groups excluding carboxylic acids is 2. The van der Waals surface area contributed by atoms with Gasteiger partial charge in [0.25, 0.3) is 5.60 Å². The molecule has 0 fully saturated rings. The molecule has 7 heteroatoms. The minimum absolute atomic E-state index is 0.0226. The van der Waals surface area contributed by atoms with Gasteiger partial charge in [0, 0.05) is 5.57 Å². The number of ketones is 1. The minimum atomic E-state index is -2.35. The summed E-state index contributed by atoms with van der Waals surface area (Å²) in [5.41, 5.74) is 5.86. The van der Waals surface area contributed by atoms with Crippen LogP contribution in [0.2, 0.25) is 0 Å². The zero-order valence-corrected chi connectivity index (χ0v) is 10.4. The fourth-order valence-electron chi connectivity index (χ4n) is 1.72. The van der Waals surface area contributed by atoms with Crippen molar-refractivity contribution in [3.63, 3.8) is 0 Å². The van der Waals surface area contributed by atoms with Crippen molar-refractivity contribution in [2.45, 2.75) is 26.4 Å². The van der Waals surface area contributed by atoms with Gasteiger partial charge < -0.3 is 20.1 Å². The standard InChI is InChI=1S/C11H14N2O5/c1-4-17-9-6(3)8(14)11(9,16)7(13-12)10(15)18-5-2/h16H,4-5H2,1-3H3. The van der Waals surface area contributed by atoms with Crippen LogP contribution in [0.4, 0.5) is 0 Å². The van der Waals surface area contributed by atoms with E-state index in [0.29, 0.717) is 0 Å². The summed E-state index contributed by atoms with van der Waals surface area (Å²) in [6.45, 7) is 4.87. The molecule has 0 saturated carbocycles. The lowest BCUT2D eigenvalue weighted by molar-refractivity contribution is -0.149. The first kappa shape index (κ1) is 14.1. The van der Waals surface area contributed by atoms with E-state index < -0.39 is 23.1 Å². The molecule has 0 spiro atoms. The van der Waals surface area contributed by atoms with E-state index >= 15 is 0 Å². The van der Waals surface area contributed by atoms with Gasteiger partial charge in [0.2, 0.25) is 5.78 Å². The Bertz CT molecular complexity index is 476. The molecular formula is C11H14N2O5. The van der Waals surface area contributed by atoms with Crippen LogP contribution in [0.1, 0.15) is 20.8 Å². The molecular weight excluding hydrogens is 240 g/mol. The molecule has 0 aromatic rings. The summed E-state index contributed by atoms with van der Waals surface area (Å²) in [5, 5.41) is 10.2. The number of esters is 1. The summed E-state index contributed by atoms with van der Waals surface area (Å²) in [5.74, 6) is -1.90. The molecule has 1 unspecified atom stereocenters. The molecule has 1 atom stereocenters. The second-order valence-corrected chi connectivity index (χ2v) is 3.60. The summed E-state index contributed by atoms with van der Waals surface area (Å²) < 4.78 is 9.70. The number of aliphatic hydroxyl groups is 1. The van der Waals surface area contributed by atoms with E-state index in [2.05, 4.69) is 9.53 Å². The first-order chi connectivity index (χ1) is 8.44. The maximum atomic E-state index is 11.7. The van der Waals surface area contributed by atoms with Gasteiger partial charge in [-0.3, -0.25) is 4.79 Å². The fraction of sp³-hybridized carbons (Fsp3) is 0.545. The maximum Gasteiger partial charge on any atom is 0.422 e. The number of nitrogens with zero attached hydrogens (tertiary/aromatic N) is 2. The van der Waals surface area contributed by atoms with Crippen molar-refractivity contribution in [1.82, 2.24) is 0 Å². The zero-order valence-electron chi connectivity index (χ0n) is 10.4. The molecule has 7 nitrogen and oxygen atoms in total. The number of hydrogen-bond donors (Lipinski definition) is 1. The van der Waals surface area contributed by atoms with Gasteiger partial charge >= 0.3 is 11.7 Å². The van der Waals surface area contributed by atoms with E-state index in [1.807, 2.05) is 0 Å². The van der Waals surface area contributed by atoms with Gasteiger partial charge in [0.15, 0.2) is 5.76 Å². The monoisotopic (exact) mass is 254 g/mol. The topological polar surface area (TPSA) is 109 Å². The zero-order chi connectivity index (χ0) is 13.9. The predicted molar refractivity (Wildman–Crippen MR) is 59.5 cm³/mol. The van der Waals surface area contributed by atoms with Gasteiger partial charge in [-0.25, -0.2) is 4.79 Å². The van der Waals surface area contributed by atoms with Crippen molar-refractivity contribution in [1.29, 1.82) is 0 Å². The maximum absolute atomic E-state index is 11.7. The normalized spacial score (nSPS) is 22.1. The fourth-order valence-corrected chi connectivity index (χ4v) is 1.72. The van der Waals surface area contributed by atoms with Gasteiger partial charge in [0.1, 0.15) is 0 Å². The van der Waals surface area contributed by atoms with E-state index in [1.54, 1.807) is 13.8 Å². The highest BCUT2D eigenvalue weighted by Gasteiger charge is 2.65. The van der Waals surface area contributed by atoms with Crippen LogP contribution in [-0.2, 0) is 19.1 Å². The van der Waals surface area contributed by atoms with Gasteiger partial charge in [-0.2, -0.15) is 4.79 Å². The Morgan fingerprint density at radius 2 is 2.06 bits per heavy atom. The Morgan fingerprint density at radius 1 is 1.44 bits per heavy atom. The lowest BCUT2D eigenvalue weighted by Gasteiger charge is -2.33. The number of ether oxygens (including phenoxy) is 2. The van der Waals surface area contributed by atoms with Crippen molar-refractivity contribution >= 4 is 17.5 Å². The first-order valence-corrected chi connectivity index (χ1v) is 5.46. The van der Waals surface area contributed by atoms with Crippen LogP contribution in [0.25, 0.3) is 5.53 Å². The van der Waals surface area contributed by atoms with Crippen LogP contribution in [0.15, 0.2) is 11.3 Å². The Kier molecular flexibility index (Phi) is 4.00. The number of rotatable bonds is 5. The van der Waals surface area contributed by atoms with Crippen LogP contribution in [0, 0.1) is 0 Å². The molecule has 18 heavy (non-hydrogen) atoms. The average Bonchev–Trinajstić information content (AvgIpc) is 2.35. The smallest absolute Gasteiger partial charge is 0.422 e. The van der Waals surface area contributed by atoms with E-state index in [0.717, 1.165) is 0 Å². The van der Waals surface area contributed by atoms with Crippen LogP contribution in [0.5, 0.6) is 0 Å². The summed E-state index contributed by atoms with van der Waals surface area (Å²) in [6, 6.07) is 0. The highest BCUT2D eigenvalue weighted by atomic mass is 16.5. The van der Waals surface area contributed by atoms with E-state index in [-0.39, 0.29) is 24.5 Å². The highest BCUT2D eigenvalue weighted by Crippen LogP contribution is 2.36. The molecule has 0 radical (unpaired) electrons. The summed E-state index contributed by atoms with van der Waals surface area (Å²) in [7, 11) is 0. The Morgan fingerprint density at radius 3 is 2.50 bits per heavy atom. The van der Waals surface area contributed by atoms with Crippen LogP contribution in [0.3, 0.4) is 0 Å². The van der Waals surface area contributed by atoms with Crippen LogP contribution in [-0.4, -0.2) is 46.2 Å². The van der Waals surface area contributed by atoms with E-state index in [9.17, 15) is 14.7 Å². The quantitative estimate of drug-likeness (QED) is 0.317. The summed E-state index contributed by atoms with van der Waals surface area (Å²) >= 11 is 0. The van der Waals surface area contributed by atoms with Crippen LogP contribution < -0.4 is 0 Å². The summed E-state index contributed by atoms with van der Waals surface area (Å²) in [6.07, 6.45) is 0.